The fourth-order valence-corrected chi connectivity index (χ4v) is 4.98. The van der Waals surface area contributed by atoms with Gasteiger partial charge in [-0.05, 0) is 55.4 Å². The van der Waals surface area contributed by atoms with Crippen LogP contribution in [0.4, 0.5) is 0 Å². The summed E-state index contributed by atoms with van der Waals surface area (Å²) in [5.74, 6) is 0.707. The Kier molecular flexibility index (Phi) is 16.6. The molecule has 192 valence electrons. The summed E-state index contributed by atoms with van der Waals surface area (Å²) in [7, 11) is -4.08. The zero-order valence-corrected chi connectivity index (χ0v) is 22.4. The van der Waals surface area contributed by atoms with Crippen LogP contribution in [0.1, 0.15) is 128 Å². The van der Waals surface area contributed by atoms with Gasteiger partial charge in [0, 0.05) is 0 Å². The van der Waals surface area contributed by atoms with Crippen LogP contribution in [0.3, 0.4) is 0 Å². The minimum Gasteiger partial charge on any atom is -0.492 e. The lowest BCUT2D eigenvalue weighted by atomic mass is 9.96. The van der Waals surface area contributed by atoms with Crippen LogP contribution in [-0.2, 0) is 23.0 Å². The smallest absolute Gasteiger partial charge is 0.271 e. The third kappa shape index (κ3) is 14.0. The van der Waals surface area contributed by atoms with Gasteiger partial charge in [-0.1, -0.05) is 104 Å². The van der Waals surface area contributed by atoms with Crippen LogP contribution in [-0.4, -0.2) is 24.8 Å². The van der Waals surface area contributed by atoms with E-state index in [0.29, 0.717) is 12.2 Å². The molecule has 5 heteroatoms. The summed E-state index contributed by atoms with van der Waals surface area (Å²) < 4.78 is 38.1. The van der Waals surface area contributed by atoms with Gasteiger partial charge in [-0.25, -0.2) is 0 Å². The number of rotatable bonds is 21. The molecule has 0 aromatic heterocycles. The minimum absolute atomic E-state index is 0.0106. The Morgan fingerprint density at radius 2 is 1.21 bits per heavy atom. The van der Waals surface area contributed by atoms with Crippen molar-refractivity contribution in [2.45, 2.75) is 135 Å². The highest BCUT2D eigenvalue weighted by Gasteiger charge is 2.21. The Morgan fingerprint density at radius 1 is 0.727 bits per heavy atom. The maximum Gasteiger partial charge on any atom is 0.271 e. The lowest BCUT2D eigenvalue weighted by Gasteiger charge is -2.16. The molecule has 0 saturated heterocycles. The number of aryl methyl sites for hydroxylation is 2. The van der Waals surface area contributed by atoms with Gasteiger partial charge in [0.1, 0.15) is 17.6 Å². The second kappa shape index (κ2) is 18.3. The van der Waals surface area contributed by atoms with Crippen LogP contribution in [0, 0.1) is 0 Å². The minimum atomic E-state index is -4.08. The highest BCUT2D eigenvalue weighted by atomic mass is 32.2. The SMILES string of the molecule is CCCCCCCCCc1ccc(OCC(CC)S(=O)(=O)O)cc1CCCCCCCCC. The molecule has 0 fully saturated rings. The monoisotopic (exact) mass is 482 g/mol. The standard InChI is InChI=1S/C28H50O4S/c1-4-7-9-11-13-15-17-19-25-21-22-27(32-24-28(6-3)33(29,30)31)23-26(25)20-18-16-14-12-10-8-5-2/h21-23,28H,4-20,24H2,1-3H3,(H,29,30,31). The van der Waals surface area contributed by atoms with E-state index in [4.69, 9.17) is 4.74 Å². The molecule has 0 bridgehead atoms. The molecule has 1 N–H and O–H groups in total. The van der Waals surface area contributed by atoms with Crippen LogP contribution >= 0.6 is 0 Å². The molecule has 4 nitrogen and oxygen atoms in total. The fourth-order valence-electron chi connectivity index (χ4n) is 4.32. The highest BCUT2D eigenvalue weighted by molar-refractivity contribution is 7.86. The average molecular weight is 483 g/mol. The van der Waals surface area contributed by atoms with E-state index >= 15 is 0 Å². The zero-order chi connectivity index (χ0) is 24.4. The van der Waals surface area contributed by atoms with Gasteiger partial charge in [-0.3, -0.25) is 4.55 Å². The summed E-state index contributed by atoms with van der Waals surface area (Å²) >= 11 is 0. The summed E-state index contributed by atoms with van der Waals surface area (Å²) in [4.78, 5) is 0. The van der Waals surface area contributed by atoms with E-state index in [2.05, 4.69) is 26.0 Å². The molecule has 0 aliphatic heterocycles. The van der Waals surface area contributed by atoms with Gasteiger partial charge < -0.3 is 4.74 Å². The Hall–Kier alpha value is -1.07. The second-order valence-corrected chi connectivity index (χ2v) is 11.2. The molecule has 1 unspecified atom stereocenters. The first-order valence-electron chi connectivity index (χ1n) is 13.6. The van der Waals surface area contributed by atoms with E-state index in [9.17, 15) is 13.0 Å². The lowest BCUT2D eigenvalue weighted by molar-refractivity contribution is 0.302. The van der Waals surface area contributed by atoms with E-state index in [0.717, 1.165) is 12.8 Å². The molecule has 0 radical (unpaired) electrons. The van der Waals surface area contributed by atoms with Gasteiger partial charge in [0.15, 0.2) is 0 Å². The van der Waals surface area contributed by atoms with Crippen LogP contribution < -0.4 is 4.74 Å². The first kappa shape index (κ1) is 30.0. The normalized spacial score (nSPS) is 12.7. The molecule has 0 saturated carbocycles. The molecular formula is C28H50O4S. The van der Waals surface area contributed by atoms with Crippen molar-refractivity contribution in [3.05, 3.63) is 29.3 Å². The van der Waals surface area contributed by atoms with Crippen molar-refractivity contribution < 1.29 is 17.7 Å². The number of unbranched alkanes of at least 4 members (excludes halogenated alkanes) is 12. The predicted molar refractivity (Wildman–Crippen MR) is 141 cm³/mol. The Balaban J connectivity index is 2.64. The molecule has 33 heavy (non-hydrogen) atoms. The first-order chi connectivity index (χ1) is 15.9. The lowest BCUT2D eigenvalue weighted by Crippen LogP contribution is -2.26. The summed E-state index contributed by atoms with van der Waals surface area (Å²) in [5.41, 5.74) is 2.75. The molecule has 0 amide bonds. The second-order valence-electron chi connectivity index (χ2n) is 9.53. The maximum absolute atomic E-state index is 11.5. The molecule has 0 spiro atoms. The number of hydrogen-bond donors (Lipinski definition) is 1. The van der Waals surface area contributed by atoms with E-state index in [-0.39, 0.29) is 6.61 Å². The van der Waals surface area contributed by atoms with Gasteiger partial charge >= 0.3 is 0 Å². The van der Waals surface area contributed by atoms with Crippen molar-refractivity contribution in [3.8, 4) is 5.75 Å². The van der Waals surface area contributed by atoms with Crippen LogP contribution in [0.15, 0.2) is 18.2 Å². The van der Waals surface area contributed by atoms with Crippen molar-refractivity contribution in [3.63, 3.8) is 0 Å². The molecule has 1 aromatic carbocycles. The molecule has 1 atom stereocenters. The number of hydrogen-bond acceptors (Lipinski definition) is 3. The topological polar surface area (TPSA) is 63.6 Å². The predicted octanol–water partition coefficient (Wildman–Crippen LogP) is 8.32. The number of ether oxygens (including phenoxy) is 1. The molecular weight excluding hydrogens is 432 g/mol. The van der Waals surface area contributed by atoms with Gasteiger partial charge in [0.2, 0.25) is 0 Å². The van der Waals surface area contributed by atoms with Crippen LogP contribution in [0.5, 0.6) is 5.75 Å². The summed E-state index contributed by atoms with van der Waals surface area (Å²) in [6.45, 7) is 6.24. The Morgan fingerprint density at radius 3 is 1.70 bits per heavy atom. The molecule has 0 aliphatic carbocycles. The van der Waals surface area contributed by atoms with Crippen molar-refractivity contribution >= 4 is 10.1 Å². The van der Waals surface area contributed by atoms with Gasteiger partial charge in [0.05, 0.1) is 0 Å². The van der Waals surface area contributed by atoms with E-state index < -0.39 is 15.4 Å². The van der Waals surface area contributed by atoms with Crippen molar-refractivity contribution in [1.82, 2.24) is 0 Å². The zero-order valence-electron chi connectivity index (χ0n) is 21.6. The third-order valence-electron chi connectivity index (χ3n) is 6.59. The largest absolute Gasteiger partial charge is 0.492 e. The molecule has 1 rings (SSSR count). The Labute approximate surface area is 204 Å². The Bertz CT molecular complexity index is 715. The van der Waals surface area contributed by atoms with Gasteiger partial charge in [-0.15, -0.1) is 0 Å². The maximum atomic E-state index is 11.5. The third-order valence-corrected chi connectivity index (χ3v) is 7.90. The van der Waals surface area contributed by atoms with E-state index in [1.807, 2.05) is 6.07 Å². The summed E-state index contributed by atoms with van der Waals surface area (Å²) in [6, 6.07) is 6.23. The summed E-state index contributed by atoms with van der Waals surface area (Å²) in [6.07, 6.45) is 20.7. The van der Waals surface area contributed by atoms with Gasteiger partial charge in [-0.2, -0.15) is 8.42 Å². The highest BCUT2D eigenvalue weighted by Crippen LogP contribution is 2.23. The van der Waals surface area contributed by atoms with Gasteiger partial charge in [0.25, 0.3) is 10.1 Å². The van der Waals surface area contributed by atoms with Crippen molar-refractivity contribution in [1.29, 1.82) is 0 Å². The summed E-state index contributed by atoms with van der Waals surface area (Å²) in [5, 5.41) is -0.878. The number of benzene rings is 1. The average Bonchev–Trinajstić information content (AvgIpc) is 2.78. The van der Waals surface area contributed by atoms with Crippen LogP contribution in [0.25, 0.3) is 0 Å². The van der Waals surface area contributed by atoms with E-state index in [1.165, 1.54) is 101 Å². The quantitative estimate of drug-likeness (QED) is 0.141. The van der Waals surface area contributed by atoms with Crippen molar-refractivity contribution in [2.24, 2.45) is 0 Å². The fraction of sp³-hybridized carbons (Fsp3) is 0.786. The van der Waals surface area contributed by atoms with E-state index in [1.54, 1.807) is 6.92 Å². The molecule has 0 heterocycles. The van der Waals surface area contributed by atoms with Crippen molar-refractivity contribution in [2.75, 3.05) is 6.61 Å². The van der Waals surface area contributed by atoms with Crippen LogP contribution in [0.2, 0.25) is 0 Å². The first-order valence-corrected chi connectivity index (χ1v) is 15.1. The molecule has 1 aromatic rings. The molecule has 0 aliphatic rings.